The summed E-state index contributed by atoms with van der Waals surface area (Å²) in [4.78, 5) is 0. The van der Waals surface area contributed by atoms with Crippen molar-refractivity contribution in [3.63, 3.8) is 0 Å². The largest absolute Gasteiger partial charge is 0.175 e. The lowest BCUT2D eigenvalue weighted by atomic mass is 9.85. The van der Waals surface area contributed by atoms with Crippen LogP contribution in [0.1, 0.15) is 39.0 Å². The summed E-state index contributed by atoms with van der Waals surface area (Å²) in [7, 11) is 0. The monoisotopic (exact) mass is 190 g/mol. The molecule has 0 saturated heterocycles. The standard InChI is InChI=1S/C9H18S2/c1-2-3-7-4-5-8(10)9(11)6-7/h7-11H,2-6H2,1H3. The molecular formula is C9H18S2. The van der Waals surface area contributed by atoms with Gasteiger partial charge in [0.1, 0.15) is 0 Å². The van der Waals surface area contributed by atoms with Gasteiger partial charge in [-0.2, -0.15) is 25.3 Å². The minimum Gasteiger partial charge on any atom is -0.175 e. The number of hydrogen-bond donors (Lipinski definition) is 2. The van der Waals surface area contributed by atoms with Crippen molar-refractivity contribution in [2.24, 2.45) is 5.92 Å². The normalized spacial score (nSPS) is 39.0. The van der Waals surface area contributed by atoms with Crippen molar-refractivity contribution in [1.82, 2.24) is 0 Å². The third-order valence-corrected chi connectivity index (χ3v) is 4.01. The van der Waals surface area contributed by atoms with Crippen LogP contribution in [0, 0.1) is 5.92 Å². The fraction of sp³-hybridized carbons (Fsp3) is 1.00. The van der Waals surface area contributed by atoms with Crippen LogP contribution in [0.3, 0.4) is 0 Å². The average molecular weight is 190 g/mol. The molecule has 1 fully saturated rings. The zero-order valence-corrected chi connectivity index (χ0v) is 8.95. The second-order valence-corrected chi connectivity index (χ2v) is 4.93. The zero-order chi connectivity index (χ0) is 8.27. The molecule has 1 aliphatic rings. The van der Waals surface area contributed by atoms with E-state index < -0.39 is 0 Å². The third-order valence-electron chi connectivity index (χ3n) is 2.59. The quantitative estimate of drug-likeness (QED) is 0.614. The molecule has 11 heavy (non-hydrogen) atoms. The summed E-state index contributed by atoms with van der Waals surface area (Å²) in [6, 6.07) is 0. The first-order valence-electron chi connectivity index (χ1n) is 4.60. The molecule has 0 radical (unpaired) electrons. The van der Waals surface area contributed by atoms with E-state index in [9.17, 15) is 0 Å². The summed E-state index contributed by atoms with van der Waals surface area (Å²) in [5.41, 5.74) is 0. The van der Waals surface area contributed by atoms with Crippen molar-refractivity contribution in [2.45, 2.75) is 49.5 Å². The van der Waals surface area contributed by atoms with Crippen molar-refractivity contribution in [1.29, 1.82) is 0 Å². The molecule has 0 nitrogen and oxygen atoms in total. The molecule has 0 amide bonds. The molecule has 3 atom stereocenters. The SMILES string of the molecule is CCCC1CCC(S)C(S)C1. The van der Waals surface area contributed by atoms with Gasteiger partial charge in [0.05, 0.1) is 0 Å². The van der Waals surface area contributed by atoms with Crippen LogP contribution in [0.15, 0.2) is 0 Å². The van der Waals surface area contributed by atoms with Gasteiger partial charge in [-0.1, -0.05) is 19.8 Å². The number of hydrogen-bond acceptors (Lipinski definition) is 2. The molecule has 0 spiro atoms. The smallest absolute Gasteiger partial charge is 0.0136 e. The summed E-state index contributed by atoms with van der Waals surface area (Å²) in [6.45, 7) is 2.26. The fourth-order valence-corrected chi connectivity index (χ4v) is 2.60. The lowest BCUT2D eigenvalue weighted by molar-refractivity contribution is 0.351. The Hall–Kier alpha value is 0.700. The Morgan fingerprint density at radius 2 is 1.91 bits per heavy atom. The van der Waals surface area contributed by atoms with Crippen LogP contribution in [0.25, 0.3) is 0 Å². The van der Waals surface area contributed by atoms with Gasteiger partial charge in [-0.05, 0) is 25.2 Å². The average Bonchev–Trinajstić information content (AvgIpc) is 1.98. The molecule has 0 heterocycles. The highest BCUT2D eigenvalue weighted by atomic mass is 32.1. The Balaban J connectivity index is 2.28. The minimum atomic E-state index is 0.545. The Bertz CT molecular complexity index is 114. The van der Waals surface area contributed by atoms with Crippen molar-refractivity contribution < 1.29 is 0 Å². The highest BCUT2D eigenvalue weighted by Crippen LogP contribution is 2.33. The van der Waals surface area contributed by atoms with Crippen molar-refractivity contribution >= 4 is 25.3 Å². The van der Waals surface area contributed by atoms with E-state index in [0.717, 1.165) is 5.92 Å². The summed E-state index contributed by atoms with van der Waals surface area (Å²) in [6.07, 6.45) is 6.63. The van der Waals surface area contributed by atoms with Crippen LogP contribution >= 0.6 is 25.3 Å². The van der Waals surface area contributed by atoms with Crippen LogP contribution in [0.5, 0.6) is 0 Å². The van der Waals surface area contributed by atoms with Gasteiger partial charge in [-0.3, -0.25) is 0 Å². The molecule has 0 N–H and O–H groups in total. The molecule has 0 aromatic heterocycles. The second kappa shape index (κ2) is 4.66. The highest BCUT2D eigenvalue weighted by Gasteiger charge is 2.24. The fourth-order valence-electron chi connectivity index (χ4n) is 1.89. The lowest BCUT2D eigenvalue weighted by Gasteiger charge is -2.30. The van der Waals surface area contributed by atoms with Gasteiger partial charge in [0.15, 0.2) is 0 Å². The predicted molar refractivity (Wildman–Crippen MR) is 57.8 cm³/mol. The van der Waals surface area contributed by atoms with Gasteiger partial charge >= 0.3 is 0 Å². The Kier molecular flexibility index (Phi) is 4.14. The molecule has 0 aliphatic heterocycles. The second-order valence-electron chi connectivity index (χ2n) is 3.60. The van der Waals surface area contributed by atoms with E-state index >= 15 is 0 Å². The summed E-state index contributed by atoms with van der Waals surface area (Å²) in [5, 5.41) is 1.09. The summed E-state index contributed by atoms with van der Waals surface area (Å²) >= 11 is 9.02. The van der Waals surface area contributed by atoms with Gasteiger partial charge in [-0.25, -0.2) is 0 Å². The van der Waals surface area contributed by atoms with E-state index in [1.807, 2.05) is 0 Å². The zero-order valence-electron chi connectivity index (χ0n) is 7.16. The molecule has 0 bridgehead atoms. The van der Waals surface area contributed by atoms with Crippen molar-refractivity contribution in [3.8, 4) is 0 Å². The molecule has 0 aromatic carbocycles. The summed E-state index contributed by atoms with van der Waals surface area (Å²) in [5.74, 6) is 0.936. The first kappa shape index (κ1) is 9.79. The minimum absolute atomic E-state index is 0.545. The molecule has 0 aromatic rings. The third kappa shape index (κ3) is 2.90. The molecular weight excluding hydrogens is 172 g/mol. The van der Waals surface area contributed by atoms with Crippen LogP contribution in [0.4, 0.5) is 0 Å². The van der Waals surface area contributed by atoms with E-state index in [0.29, 0.717) is 10.5 Å². The Labute approximate surface area is 81.0 Å². The number of rotatable bonds is 2. The topological polar surface area (TPSA) is 0 Å². The molecule has 1 rings (SSSR count). The van der Waals surface area contributed by atoms with Crippen LogP contribution in [-0.2, 0) is 0 Å². The van der Waals surface area contributed by atoms with Crippen LogP contribution < -0.4 is 0 Å². The van der Waals surface area contributed by atoms with E-state index in [1.165, 1.54) is 32.1 Å². The first-order valence-corrected chi connectivity index (χ1v) is 5.63. The van der Waals surface area contributed by atoms with E-state index in [2.05, 4.69) is 32.2 Å². The molecule has 1 aliphatic carbocycles. The number of thiol groups is 2. The van der Waals surface area contributed by atoms with E-state index in [4.69, 9.17) is 0 Å². The summed E-state index contributed by atoms with van der Waals surface area (Å²) < 4.78 is 0. The van der Waals surface area contributed by atoms with Crippen LogP contribution in [-0.4, -0.2) is 10.5 Å². The maximum absolute atomic E-state index is 4.53. The Morgan fingerprint density at radius 3 is 2.45 bits per heavy atom. The van der Waals surface area contributed by atoms with E-state index in [-0.39, 0.29) is 0 Å². The van der Waals surface area contributed by atoms with Gasteiger partial charge in [0, 0.05) is 10.5 Å². The molecule has 1 saturated carbocycles. The van der Waals surface area contributed by atoms with Gasteiger partial charge in [-0.15, -0.1) is 0 Å². The van der Waals surface area contributed by atoms with Crippen molar-refractivity contribution in [2.75, 3.05) is 0 Å². The Morgan fingerprint density at radius 1 is 1.18 bits per heavy atom. The maximum Gasteiger partial charge on any atom is 0.0136 e. The van der Waals surface area contributed by atoms with Gasteiger partial charge in [0.25, 0.3) is 0 Å². The molecule has 3 unspecified atom stereocenters. The van der Waals surface area contributed by atoms with E-state index in [1.54, 1.807) is 0 Å². The molecule has 2 heteroatoms. The predicted octanol–water partition coefficient (Wildman–Crippen LogP) is 3.18. The van der Waals surface area contributed by atoms with Crippen LogP contribution in [0.2, 0.25) is 0 Å². The maximum atomic E-state index is 4.53. The lowest BCUT2D eigenvalue weighted by Crippen LogP contribution is -2.25. The molecule has 66 valence electrons. The highest BCUT2D eigenvalue weighted by molar-refractivity contribution is 7.85. The van der Waals surface area contributed by atoms with Gasteiger partial charge in [0.2, 0.25) is 0 Å². The first-order chi connectivity index (χ1) is 5.24. The van der Waals surface area contributed by atoms with Crippen molar-refractivity contribution in [3.05, 3.63) is 0 Å². The van der Waals surface area contributed by atoms with Gasteiger partial charge < -0.3 is 0 Å².